The van der Waals surface area contributed by atoms with Gasteiger partial charge in [-0.1, -0.05) is 181 Å². The van der Waals surface area contributed by atoms with E-state index in [9.17, 15) is 0 Å². The van der Waals surface area contributed by atoms with Crippen molar-refractivity contribution in [2.45, 2.75) is 220 Å². The number of ether oxygens (including phenoxy) is 2. The fourth-order valence-corrected chi connectivity index (χ4v) is 7.86. The zero-order valence-electron chi connectivity index (χ0n) is 29.5. The van der Waals surface area contributed by atoms with Gasteiger partial charge in [0.1, 0.15) is 0 Å². The molecule has 2 aliphatic carbocycles. The van der Waals surface area contributed by atoms with Crippen LogP contribution in [0.2, 0.25) is 0 Å². The van der Waals surface area contributed by atoms with Crippen molar-refractivity contribution in [1.29, 1.82) is 0 Å². The van der Waals surface area contributed by atoms with Gasteiger partial charge in [-0.25, -0.2) is 0 Å². The van der Waals surface area contributed by atoms with Gasteiger partial charge in [-0.2, -0.15) is 0 Å². The lowest BCUT2D eigenvalue weighted by molar-refractivity contribution is -0.0631. The highest BCUT2D eigenvalue weighted by Crippen LogP contribution is 2.35. The Bertz CT molecular complexity index is 510. The summed E-state index contributed by atoms with van der Waals surface area (Å²) in [5.41, 5.74) is 0. The number of hydrogen-bond acceptors (Lipinski definition) is 2. The highest BCUT2D eigenvalue weighted by Gasteiger charge is 2.23. The number of unbranched alkanes of at least 4 members (excludes halogenated alkanes) is 14. The Morgan fingerprint density at radius 1 is 0.381 bits per heavy atom. The van der Waals surface area contributed by atoms with Crippen molar-refractivity contribution in [2.24, 2.45) is 23.7 Å². The topological polar surface area (TPSA) is 18.5 Å². The van der Waals surface area contributed by atoms with Crippen molar-refractivity contribution < 1.29 is 9.47 Å². The molecule has 2 atom stereocenters. The standard InChI is InChI=1S/C40H78O2/c1-5-7-9-11-13-15-17-19-21-37-23-27-39(28-24-37)31-33-41-35(3)36(4)42-34-32-40-29-25-38(26-30-40)22-20-18-16-14-12-10-8-6-2/h35-40H,5-34H2,1-4H3/t35?,36?,37-,38?,39-,40?. The van der Waals surface area contributed by atoms with Crippen LogP contribution in [0.25, 0.3) is 0 Å². The summed E-state index contributed by atoms with van der Waals surface area (Å²) in [6.07, 6.45) is 40.7. The van der Waals surface area contributed by atoms with E-state index in [0.717, 1.165) is 36.9 Å². The Morgan fingerprint density at radius 2 is 0.643 bits per heavy atom. The Balaban J connectivity index is 1.38. The summed E-state index contributed by atoms with van der Waals surface area (Å²) >= 11 is 0. The molecule has 0 aliphatic heterocycles. The van der Waals surface area contributed by atoms with Gasteiger partial charge >= 0.3 is 0 Å². The molecular weight excluding hydrogens is 512 g/mol. The molecule has 2 unspecified atom stereocenters. The van der Waals surface area contributed by atoms with Crippen LogP contribution in [0, 0.1) is 23.7 Å². The third-order valence-corrected chi connectivity index (χ3v) is 11.3. The van der Waals surface area contributed by atoms with Crippen LogP contribution in [-0.4, -0.2) is 25.4 Å². The van der Waals surface area contributed by atoms with Gasteiger partial charge in [-0.15, -0.1) is 0 Å². The third kappa shape index (κ3) is 19.3. The second-order valence-corrected chi connectivity index (χ2v) is 15.0. The monoisotopic (exact) mass is 591 g/mol. The van der Waals surface area contributed by atoms with Crippen molar-refractivity contribution >= 4 is 0 Å². The number of rotatable bonds is 27. The maximum atomic E-state index is 6.27. The first-order chi connectivity index (χ1) is 20.6. The zero-order valence-corrected chi connectivity index (χ0v) is 29.5. The predicted octanol–water partition coefficient (Wildman–Crippen LogP) is 13.3. The molecule has 2 saturated carbocycles. The van der Waals surface area contributed by atoms with Crippen LogP contribution in [0.1, 0.15) is 207 Å². The summed E-state index contributed by atoms with van der Waals surface area (Å²) in [5, 5.41) is 0. The van der Waals surface area contributed by atoms with E-state index < -0.39 is 0 Å². The molecule has 0 aromatic rings. The highest BCUT2D eigenvalue weighted by molar-refractivity contribution is 4.75. The van der Waals surface area contributed by atoms with Crippen LogP contribution in [0.4, 0.5) is 0 Å². The van der Waals surface area contributed by atoms with Crippen molar-refractivity contribution in [3.8, 4) is 0 Å². The molecule has 2 heteroatoms. The van der Waals surface area contributed by atoms with E-state index in [1.807, 2.05) is 0 Å². The zero-order chi connectivity index (χ0) is 30.1. The fourth-order valence-electron chi connectivity index (χ4n) is 7.86. The lowest BCUT2D eigenvalue weighted by Gasteiger charge is -2.30. The molecule has 0 bridgehead atoms. The van der Waals surface area contributed by atoms with Crippen molar-refractivity contribution in [3.63, 3.8) is 0 Å². The molecule has 0 aromatic heterocycles. The van der Waals surface area contributed by atoms with E-state index in [0.29, 0.717) is 0 Å². The van der Waals surface area contributed by atoms with Crippen molar-refractivity contribution in [3.05, 3.63) is 0 Å². The summed E-state index contributed by atoms with van der Waals surface area (Å²) in [6.45, 7) is 10.9. The average molecular weight is 591 g/mol. The van der Waals surface area contributed by atoms with Gasteiger partial charge in [-0.3, -0.25) is 0 Å². The second kappa shape index (κ2) is 26.2. The van der Waals surface area contributed by atoms with Gasteiger partial charge in [0.2, 0.25) is 0 Å². The molecule has 0 N–H and O–H groups in total. The minimum atomic E-state index is 0.214. The summed E-state index contributed by atoms with van der Waals surface area (Å²) in [5.74, 6) is 3.82. The lowest BCUT2D eigenvalue weighted by Crippen LogP contribution is -2.28. The van der Waals surface area contributed by atoms with Gasteiger partial charge in [0, 0.05) is 13.2 Å². The van der Waals surface area contributed by atoms with Crippen LogP contribution < -0.4 is 0 Å². The van der Waals surface area contributed by atoms with E-state index in [4.69, 9.17) is 9.47 Å². The van der Waals surface area contributed by atoms with Gasteiger partial charge in [0.05, 0.1) is 12.2 Å². The number of hydrogen-bond donors (Lipinski definition) is 0. The maximum Gasteiger partial charge on any atom is 0.0805 e. The van der Waals surface area contributed by atoms with Crippen LogP contribution in [0.3, 0.4) is 0 Å². The Labute approximate surface area is 265 Å². The van der Waals surface area contributed by atoms with Crippen LogP contribution in [-0.2, 0) is 9.47 Å². The first-order valence-corrected chi connectivity index (χ1v) is 19.8. The maximum absolute atomic E-state index is 6.27. The molecular formula is C40H78O2. The largest absolute Gasteiger partial charge is 0.376 e. The van der Waals surface area contributed by atoms with Crippen LogP contribution in [0.5, 0.6) is 0 Å². The van der Waals surface area contributed by atoms with E-state index in [-0.39, 0.29) is 12.2 Å². The molecule has 0 radical (unpaired) electrons. The summed E-state index contributed by atoms with van der Waals surface area (Å²) in [4.78, 5) is 0. The smallest absolute Gasteiger partial charge is 0.0805 e. The first kappa shape index (κ1) is 38.1. The summed E-state index contributed by atoms with van der Waals surface area (Å²) in [6, 6.07) is 0. The van der Waals surface area contributed by atoms with Gasteiger partial charge in [-0.05, 0) is 50.4 Å². The van der Waals surface area contributed by atoms with Gasteiger partial charge in [0.15, 0.2) is 0 Å². The van der Waals surface area contributed by atoms with E-state index in [1.54, 1.807) is 0 Å². The molecule has 0 saturated heterocycles. The van der Waals surface area contributed by atoms with Crippen molar-refractivity contribution in [2.75, 3.05) is 13.2 Å². The molecule has 42 heavy (non-hydrogen) atoms. The van der Waals surface area contributed by atoms with E-state index in [1.165, 1.54) is 180 Å². The highest BCUT2D eigenvalue weighted by atomic mass is 16.5. The normalized spacial score (nSPS) is 24.6. The fraction of sp³-hybridized carbons (Fsp3) is 1.00. The molecule has 2 aliphatic rings. The van der Waals surface area contributed by atoms with E-state index in [2.05, 4.69) is 27.7 Å². The molecule has 0 amide bonds. The molecule has 0 heterocycles. The summed E-state index contributed by atoms with van der Waals surface area (Å²) in [7, 11) is 0. The van der Waals surface area contributed by atoms with Gasteiger partial charge < -0.3 is 9.47 Å². The quantitative estimate of drug-likeness (QED) is 0.0886. The van der Waals surface area contributed by atoms with Gasteiger partial charge in [0.25, 0.3) is 0 Å². The first-order valence-electron chi connectivity index (χ1n) is 19.8. The minimum Gasteiger partial charge on any atom is -0.376 e. The van der Waals surface area contributed by atoms with Crippen LogP contribution in [0.15, 0.2) is 0 Å². The second-order valence-electron chi connectivity index (χ2n) is 15.0. The Hall–Kier alpha value is -0.0800. The molecule has 250 valence electrons. The summed E-state index contributed by atoms with van der Waals surface area (Å²) < 4.78 is 12.5. The van der Waals surface area contributed by atoms with E-state index >= 15 is 0 Å². The molecule has 0 spiro atoms. The lowest BCUT2D eigenvalue weighted by atomic mass is 9.78. The van der Waals surface area contributed by atoms with Crippen molar-refractivity contribution in [1.82, 2.24) is 0 Å². The third-order valence-electron chi connectivity index (χ3n) is 11.3. The molecule has 2 rings (SSSR count). The SMILES string of the molecule is CCCCCCCCCCC1CCC(CCOC(C)C(C)OCC[C@H]2CC[C@H](CCCCCCCCCC)CC2)CC1. The molecule has 2 nitrogen and oxygen atoms in total. The average Bonchev–Trinajstić information content (AvgIpc) is 3.01. The Kier molecular flexibility index (Phi) is 23.7. The molecule has 0 aromatic carbocycles. The minimum absolute atomic E-state index is 0.214. The van der Waals surface area contributed by atoms with Crippen LogP contribution >= 0.6 is 0 Å². The predicted molar refractivity (Wildman–Crippen MR) is 185 cm³/mol. The molecule has 2 fully saturated rings. The Morgan fingerprint density at radius 3 is 0.952 bits per heavy atom.